The molecule has 1 aromatic heterocycles. The Morgan fingerprint density at radius 2 is 1.88 bits per heavy atom. The summed E-state index contributed by atoms with van der Waals surface area (Å²) in [5, 5.41) is 16.6. The van der Waals surface area contributed by atoms with Gasteiger partial charge in [-0.05, 0) is 36.4 Å². The molecule has 118 valence electrons. The Morgan fingerprint density at radius 3 is 2.54 bits per heavy atom. The zero-order chi connectivity index (χ0) is 16.9. The molecule has 1 heterocycles. The van der Waals surface area contributed by atoms with Gasteiger partial charge in [-0.25, -0.2) is 4.98 Å². The molecule has 0 spiro atoms. The Kier molecular flexibility index (Phi) is 5.26. The third-order valence-electron chi connectivity index (χ3n) is 3.09. The SMILES string of the molecule is N#C/C(=N/Nc1ccc(Br)cc1)c1nc(-c2ccc(Cl)cc2)cs1. The van der Waals surface area contributed by atoms with Crippen LogP contribution in [0.5, 0.6) is 0 Å². The second-order valence-electron chi connectivity index (χ2n) is 4.74. The zero-order valence-electron chi connectivity index (χ0n) is 12.2. The number of hydrogen-bond acceptors (Lipinski definition) is 5. The van der Waals surface area contributed by atoms with Crippen molar-refractivity contribution in [2.75, 3.05) is 5.43 Å². The van der Waals surface area contributed by atoms with Crippen LogP contribution >= 0.6 is 38.9 Å². The lowest BCUT2D eigenvalue weighted by Crippen LogP contribution is -2.01. The fourth-order valence-electron chi connectivity index (χ4n) is 1.90. The molecule has 0 fully saturated rings. The first-order valence-corrected chi connectivity index (χ1v) is 8.92. The molecule has 0 saturated carbocycles. The molecule has 0 aliphatic rings. The van der Waals surface area contributed by atoms with Crippen LogP contribution in [-0.4, -0.2) is 10.7 Å². The average Bonchev–Trinajstić information content (AvgIpc) is 3.08. The van der Waals surface area contributed by atoms with Gasteiger partial charge in [0.1, 0.15) is 6.07 Å². The fourth-order valence-corrected chi connectivity index (χ4v) is 3.06. The minimum absolute atomic E-state index is 0.239. The summed E-state index contributed by atoms with van der Waals surface area (Å²) in [6.45, 7) is 0. The zero-order valence-corrected chi connectivity index (χ0v) is 15.4. The van der Waals surface area contributed by atoms with E-state index in [1.54, 1.807) is 0 Å². The minimum atomic E-state index is 0.239. The van der Waals surface area contributed by atoms with Gasteiger partial charge < -0.3 is 0 Å². The van der Waals surface area contributed by atoms with E-state index in [1.807, 2.05) is 53.9 Å². The van der Waals surface area contributed by atoms with E-state index in [0.29, 0.717) is 10.0 Å². The van der Waals surface area contributed by atoms with Gasteiger partial charge in [-0.2, -0.15) is 10.4 Å². The van der Waals surface area contributed by atoms with Crippen LogP contribution in [0.1, 0.15) is 5.01 Å². The molecular formula is C17H10BrClN4S. The molecule has 7 heteroatoms. The van der Waals surface area contributed by atoms with Crippen molar-refractivity contribution in [3.63, 3.8) is 0 Å². The van der Waals surface area contributed by atoms with Crippen LogP contribution < -0.4 is 5.43 Å². The maximum atomic E-state index is 9.34. The second kappa shape index (κ2) is 7.58. The van der Waals surface area contributed by atoms with Gasteiger partial charge >= 0.3 is 0 Å². The first-order valence-electron chi connectivity index (χ1n) is 6.87. The van der Waals surface area contributed by atoms with Gasteiger partial charge in [-0.3, -0.25) is 5.43 Å². The number of nitrogens with one attached hydrogen (secondary N) is 1. The monoisotopic (exact) mass is 416 g/mol. The van der Waals surface area contributed by atoms with Gasteiger partial charge in [0.2, 0.25) is 0 Å². The first kappa shape index (κ1) is 16.7. The summed E-state index contributed by atoms with van der Waals surface area (Å²) in [6, 6.07) is 17.0. The van der Waals surface area contributed by atoms with Crippen molar-refractivity contribution in [2.24, 2.45) is 5.10 Å². The van der Waals surface area contributed by atoms with Crippen LogP contribution in [0.4, 0.5) is 5.69 Å². The lowest BCUT2D eigenvalue weighted by atomic mass is 10.2. The topological polar surface area (TPSA) is 61.1 Å². The Hall–Kier alpha value is -2.20. The van der Waals surface area contributed by atoms with Crippen molar-refractivity contribution in [1.82, 2.24) is 4.98 Å². The highest BCUT2D eigenvalue weighted by Crippen LogP contribution is 2.24. The van der Waals surface area contributed by atoms with Crippen LogP contribution in [0.3, 0.4) is 0 Å². The molecule has 0 unspecified atom stereocenters. The summed E-state index contributed by atoms with van der Waals surface area (Å²) in [5.41, 5.74) is 5.64. The number of halogens is 2. The minimum Gasteiger partial charge on any atom is -0.277 e. The van der Waals surface area contributed by atoms with E-state index in [4.69, 9.17) is 11.6 Å². The normalized spacial score (nSPS) is 11.1. The summed E-state index contributed by atoms with van der Waals surface area (Å²) in [7, 11) is 0. The molecular weight excluding hydrogens is 408 g/mol. The molecule has 2 aromatic carbocycles. The third kappa shape index (κ3) is 4.01. The Labute approximate surface area is 156 Å². The van der Waals surface area contributed by atoms with Gasteiger partial charge in [0.25, 0.3) is 0 Å². The molecule has 0 atom stereocenters. The third-order valence-corrected chi connectivity index (χ3v) is 4.72. The van der Waals surface area contributed by atoms with E-state index in [-0.39, 0.29) is 5.71 Å². The van der Waals surface area contributed by atoms with Gasteiger partial charge in [-0.15, -0.1) is 11.3 Å². The predicted molar refractivity (Wildman–Crippen MR) is 102 cm³/mol. The molecule has 3 aromatic rings. The maximum absolute atomic E-state index is 9.34. The van der Waals surface area contributed by atoms with Gasteiger partial charge in [0.05, 0.1) is 11.4 Å². The molecule has 4 nitrogen and oxygen atoms in total. The lowest BCUT2D eigenvalue weighted by molar-refractivity contribution is 1.31. The number of nitriles is 1. The van der Waals surface area contributed by atoms with Crippen molar-refractivity contribution in [3.8, 4) is 17.3 Å². The van der Waals surface area contributed by atoms with Gasteiger partial charge in [0, 0.05) is 20.4 Å². The molecule has 0 aliphatic heterocycles. The maximum Gasteiger partial charge on any atom is 0.196 e. The smallest absolute Gasteiger partial charge is 0.196 e. The number of aromatic nitrogens is 1. The van der Waals surface area contributed by atoms with Crippen molar-refractivity contribution in [2.45, 2.75) is 0 Å². The molecule has 0 bridgehead atoms. The number of anilines is 1. The Morgan fingerprint density at radius 1 is 1.17 bits per heavy atom. The second-order valence-corrected chi connectivity index (χ2v) is 6.95. The molecule has 3 rings (SSSR count). The number of hydrazone groups is 1. The summed E-state index contributed by atoms with van der Waals surface area (Å²) in [5.74, 6) is 0. The number of hydrogen-bond donors (Lipinski definition) is 1. The summed E-state index contributed by atoms with van der Waals surface area (Å²) in [4.78, 5) is 4.48. The molecule has 1 N–H and O–H groups in total. The standard InChI is InChI=1S/C17H10BrClN4S/c18-12-3-7-14(8-4-12)22-23-15(9-20)17-21-16(10-24-17)11-1-5-13(19)6-2-11/h1-8,10,22H/b23-15-. The highest BCUT2D eigenvalue weighted by Gasteiger charge is 2.10. The summed E-state index contributed by atoms with van der Waals surface area (Å²) in [6.07, 6.45) is 0. The van der Waals surface area contributed by atoms with E-state index < -0.39 is 0 Å². The van der Waals surface area contributed by atoms with E-state index in [1.165, 1.54) is 11.3 Å². The van der Waals surface area contributed by atoms with Crippen molar-refractivity contribution in [1.29, 1.82) is 5.26 Å². The van der Waals surface area contributed by atoms with Crippen molar-refractivity contribution >= 4 is 50.3 Å². The van der Waals surface area contributed by atoms with Gasteiger partial charge in [0.15, 0.2) is 10.7 Å². The molecule has 0 saturated heterocycles. The molecule has 0 radical (unpaired) electrons. The van der Waals surface area contributed by atoms with Crippen molar-refractivity contribution < 1.29 is 0 Å². The molecule has 0 amide bonds. The summed E-state index contributed by atoms with van der Waals surface area (Å²) >= 11 is 10.6. The number of rotatable bonds is 4. The largest absolute Gasteiger partial charge is 0.277 e. The highest BCUT2D eigenvalue weighted by atomic mass is 79.9. The molecule has 24 heavy (non-hydrogen) atoms. The Balaban J connectivity index is 1.81. The summed E-state index contributed by atoms with van der Waals surface area (Å²) < 4.78 is 0.977. The molecule has 0 aliphatic carbocycles. The number of benzene rings is 2. The highest BCUT2D eigenvalue weighted by molar-refractivity contribution is 9.10. The van der Waals surface area contributed by atoms with E-state index >= 15 is 0 Å². The first-order chi connectivity index (χ1) is 11.7. The van der Waals surface area contributed by atoms with E-state index in [0.717, 1.165) is 21.4 Å². The van der Waals surface area contributed by atoms with Crippen LogP contribution in [0, 0.1) is 11.3 Å². The average molecular weight is 418 g/mol. The Bertz CT molecular complexity index is 911. The lowest BCUT2D eigenvalue weighted by Gasteiger charge is -2.00. The van der Waals surface area contributed by atoms with Crippen LogP contribution in [0.25, 0.3) is 11.3 Å². The predicted octanol–water partition coefficient (Wildman–Crippen LogP) is 5.57. The van der Waals surface area contributed by atoms with Crippen LogP contribution in [0.2, 0.25) is 5.02 Å². The van der Waals surface area contributed by atoms with Gasteiger partial charge in [-0.1, -0.05) is 39.7 Å². The number of thiazole rings is 1. The van der Waals surface area contributed by atoms with Crippen LogP contribution in [-0.2, 0) is 0 Å². The van der Waals surface area contributed by atoms with Crippen molar-refractivity contribution in [3.05, 3.63) is 68.4 Å². The quantitative estimate of drug-likeness (QED) is 0.446. The van der Waals surface area contributed by atoms with Crippen LogP contribution in [0.15, 0.2) is 63.5 Å². The van der Waals surface area contributed by atoms with E-state index in [9.17, 15) is 5.26 Å². The fraction of sp³-hybridized carbons (Fsp3) is 0. The number of nitrogens with zero attached hydrogens (tertiary/aromatic N) is 3. The van der Waals surface area contributed by atoms with E-state index in [2.05, 4.69) is 37.5 Å².